The molecule has 0 bridgehead atoms. The Labute approximate surface area is 225 Å². The number of para-hydroxylation sites is 1. The van der Waals surface area contributed by atoms with Gasteiger partial charge in [-0.15, -0.1) is 10.2 Å². The summed E-state index contributed by atoms with van der Waals surface area (Å²) in [6, 6.07) is 19.7. The molecule has 1 aliphatic rings. The average Bonchev–Trinajstić information content (AvgIpc) is 3.39. The zero-order chi connectivity index (χ0) is 27.1. The Hall–Kier alpha value is -4.11. The van der Waals surface area contributed by atoms with Crippen molar-refractivity contribution in [3.05, 3.63) is 82.9 Å². The molecule has 0 saturated carbocycles. The first kappa shape index (κ1) is 25.5. The highest BCUT2D eigenvalue weighted by atomic mass is 32.1. The third-order valence-electron chi connectivity index (χ3n) is 6.92. The number of ether oxygens (including phenoxy) is 1. The highest BCUT2D eigenvalue weighted by Gasteiger charge is 2.44. The van der Waals surface area contributed by atoms with Gasteiger partial charge in [-0.05, 0) is 31.5 Å². The summed E-state index contributed by atoms with van der Waals surface area (Å²) in [5.41, 5.74) is 4.67. The standard InChI is InChI=1S/C29H29N5O3S/c1-17(35)33-29(4,5)19-12-10-18(11-13-19)22-15-14-21-24(20-8-6-7-9-23(20)37-25(21)31-22)28(2,3)26(36)32-27-34-30-16-38-27/h6-16,24H,1-5H3,(H,33,35)(H,32,34,36)/t24-/m0/s1. The first-order chi connectivity index (χ1) is 18.1. The molecule has 1 aliphatic heterocycles. The molecule has 9 heteroatoms. The van der Waals surface area contributed by atoms with Gasteiger partial charge in [0.15, 0.2) is 0 Å². The Morgan fingerprint density at radius 2 is 1.68 bits per heavy atom. The fourth-order valence-electron chi connectivity index (χ4n) is 4.96. The Morgan fingerprint density at radius 1 is 0.947 bits per heavy atom. The Balaban J connectivity index is 1.50. The molecule has 2 aromatic heterocycles. The van der Waals surface area contributed by atoms with E-state index in [1.807, 2.05) is 88.4 Å². The van der Waals surface area contributed by atoms with E-state index in [2.05, 4.69) is 20.8 Å². The molecule has 3 heterocycles. The second-order valence-corrected chi connectivity index (χ2v) is 11.3. The molecule has 8 nitrogen and oxygen atoms in total. The molecule has 38 heavy (non-hydrogen) atoms. The summed E-state index contributed by atoms with van der Waals surface area (Å²) in [5, 5.41) is 14.1. The van der Waals surface area contributed by atoms with Crippen LogP contribution in [0.1, 0.15) is 57.2 Å². The van der Waals surface area contributed by atoms with E-state index in [-0.39, 0.29) is 17.7 Å². The van der Waals surface area contributed by atoms with Crippen LogP contribution in [-0.2, 0) is 15.1 Å². The summed E-state index contributed by atoms with van der Waals surface area (Å²) < 4.78 is 6.26. The van der Waals surface area contributed by atoms with Crippen LogP contribution in [-0.4, -0.2) is 27.0 Å². The Kier molecular flexibility index (Phi) is 6.48. The summed E-state index contributed by atoms with van der Waals surface area (Å²) in [4.78, 5) is 29.9. The molecule has 0 aliphatic carbocycles. The molecule has 4 aromatic rings. The molecule has 194 valence electrons. The lowest BCUT2D eigenvalue weighted by atomic mass is 9.69. The van der Waals surface area contributed by atoms with Crippen LogP contribution in [0.4, 0.5) is 5.13 Å². The quantitative estimate of drug-likeness (QED) is 0.325. The van der Waals surface area contributed by atoms with E-state index in [1.165, 1.54) is 18.3 Å². The summed E-state index contributed by atoms with van der Waals surface area (Å²) in [6.45, 7) is 9.29. The molecule has 2 N–H and O–H groups in total. The first-order valence-electron chi connectivity index (χ1n) is 12.3. The van der Waals surface area contributed by atoms with Crippen molar-refractivity contribution in [2.24, 2.45) is 5.41 Å². The number of benzene rings is 2. The summed E-state index contributed by atoms with van der Waals surface area (Å²) in [6.07, 6.45) is 0. The summed E-state index contributed by atoms with van der Waals surface area (Å²) in [5.74, 6) is 0.618. The van der Waals surface area contributed by atoms with Crippen LogP contribution >= 0.6 is 11.3 Å². The van der Waals surface area contributed by atoms with Gasteiger partial charge in [-0.2, -0.15) is 0 Å². The van der Waals surface area contributed by atoms with Gasteiger partial charge >= 0.3 is 0 Å². The Bertz CT molecular complexity index is 1500. The van der Waals surface area contributed by atoms with Crippen molar-refractivity contribution in [3.8, 4) is 22.9 Å². The second-order valence-electron chi connectivity index (χ2n) is 10.5. The number of amides is 2. The molecule has 0 spiro atoms. The zero-order valence-electron chi connectivity index (χ0n) is 21.9. The van der Waals surface area contributed by atoms with Gasteiger partial charge in [0.1, 0.15) is 11.3 Å². The van der Waals surface area contributed by atoms with Gasteiger partial charge in [-0.25, -0.2) is 4.98 Å². The van der Waals surface area contributed by atoms with Crippen molar-refractivity contribution >= 4 is 28.3 Å². The normalized spacial score (nSPS) is 14.6. The average molecular weight is 528 g/mol. The minimum absolute atomic E-state index is 0.0812. The molecule has 1 atom stereocenters. The molecule has 2 aromatic carbocycles. The molecule has 0 radical (unpaired) electrons. The first-order valence-corrected chi connectivity index (χ1v) is 13.2. The number of nitrogens with one attached hydrogen (secondary N) is 2. The maximum atomic E-state index is 13.5. The van der Waals surface area contributed by atoms with Crippen molar-refractivity contribution in [2.45, 2.75) is 46.1 Å². The number of nitrogens with zero attached hydrogens (tertiary/aromatic N) is 3. The van der Waals surface area contributed by atoms with E-state index < -0.39 is 11.0 Å². The number of pyridine rings is 1. The third kappa shape index (κ3) is 4.77. The van der Waals surface area contributed by atoms with E-state index in [1.54, 1.807) is 5.51 Å². The maximum Gasteiger partial charge on any atom is 0.232 e. The van der Waals surface area contributed by atoms with Crippen molar-refractivity contribution in [3.63, 3.8) is 0 Å². The fraction of sp³-hybridized carbons (Fsp3) is 0.276. The van der Waals surface area contributed by atoms with Crippen LogP contribution in [0.15, 0.2) is 66.2 Å². The minimum atomic E-state index is -0.847. The van der Waals surface area contributed by atoms with Crippen LogP contribution in [0.5, 0.6) is 11.6 Å². The summed E-state index contributed by atoms with van der Waals surface area (Å²) in [7, 11) is 0. The number of hydrogen-bond acceptors (Lipinski definition) is 7. The largest absolute Gasteiger partial charge is 0.438 e. The highest BCUT2D eigenvalue weighted by molar-refractivity contribution is 7.13. The smallest absolute Gasteiger partial charge is 0.232 e. The molecular formula is C29H29N5O3S. The number of carbonyl (C=O) groups is 2. The molecule has 0 fully saturated rings. The van der Waals surface area contributed by atoms with E-state index in [9.17, 15) is 9.59 Å². The molecule has 0 saturated heterocycles. The zero-order valence-corrected chi connectivity index (χ0v) is 22.7. The van der Waals surface area contributed by atoms with Crippen molar-refractivity contribution in [1.82, 2.24) is 20.5 Å². The van der Waals surface area contributed by atoms with Crippen molar-refractivity contribution in [2.75, 3.05) is 5.32 Å². The molecule has 0 unspecified atom stereocenters. The third-order valence-corrected chi connectivity index (χ3v) is 7.52. The van der Waals surface area contributed by atoms with Gasteiger partial charge in [0.05, 0.1) is 16.6 Å². The highest BCUT2D eigenvalue weighted by Crippen LogP contribution is 2.52. The van der Waals surface area contributed by atoms with Crippen LogP contribution in [0.25, 0.3) is 11.3 Å². The van der Waals surface area contributed by atoms with Crippen molar-refractivity contribution < 1.29 is 14.3 Å². The fourth-order valence-corrected chi connectivity index (χ4v) is 5.40. The number of fused-ring (bicyclic) bond motifs is 2. The lowest BCUT2D eigenvalue weighted by Crippen LogP contribution is -2.39. The van der Waals surface area contributed by atoms with Crippen LogP contribution in [0.2, 0.25) is 0 Å². The number of hydrogen-bond donors (Lipinski definition) is 2. The summed E-state index contributed by atoms with van der Waals surface area (Å²) >= 11 is 1.28. The predicted octanol–water partition coefficient (Wildman–Crippen LogP) is 5.87. The lowest BCUT2D eigenvalue weighted by Gasteiger charge is -2.37. The van der Waals surface area contributed by atoms with Gasteiger partial charge in [0.2, 0.25) is 22.8 Å². The molecular weight excluding hydrogens is 498 g/mol. The van der Waals surface area contributed by atoms with Crippen LogP contribution in [0.3, 0.4) is 0 Å². The van der Waals surface area contributed by atoms with Gasteiger partial charge in [0, 0.05) is 29.5 Å². The number of aromatic nitrogens is 3. The maximum absolute atomic E-state index is 13.5. The van der Waals surface area contributed by atoms with Gasteiger partial charge in [-0.3, -0.25) is 9.59 Å². The second kappa shape index (κ2) is 9.64. The number of rotatable bonds is 6. The Morgan fingerprint density at radius 3 is 2.37 bits per heavy atom. The van der Waals surface area contributed by atoms with Gasteiger partial charge in [-0.1, -0.05) is 73.7 Å². The van der Waals surface area contributed by atoms with E-state index in [0.29, 0.717) is 16.8 Å². The minimum Gasteiger partial charge on any atom is -0.438 e. The van der Waals surface area contributed by atoms with Gasteiger partial charge in [0.25, 0.3) is 0 Å². The number of carbonyl (C=O) groups excluding carboxylic acids is 2. The van der Waals surface area contributed by atoms with Gasteiger partial charge < -0.3 is 15.4 Å². The van der Waals surface area contributed by atoms with Crippen LogP contribution < -0.4 is 15.4 Å². The number of anilines is 1. The topological polar surface area (TPSA) is 106 Å². The van der Waals surface area contributed by atoms with Crippen molar-refractivity contribution in [1.29, 1.82) is 0 Å². The SMILES string of the molecule is CC(=O)NC(C)(C)c1ccc(-c2ccc3c(n2)Oc2ccccc2[C@@H]3C(C)(C)C(=O)Nc2nncs2)cc1. The molecule has 5 rings (SSSR count). The van der Waals surface area contributed by atoms with Crippen LogP contribution in [0, 0.1) is 5.41 Å². The molecule has 2 amide bonds. The lowest BCUT2D eigenvalue weighted by molar-refractivity contribution is -0.124. The van der Waals surface area contributed by atoms with E-state index >= 15 is 0 Å². The van der Waals surface area contributed by atoms with E-state index in [4.69, 9.17) is 9.72 Å². The monoisotopic (exact) mass is 527 g/mol. The van der Waals surface area contributed by atoms with E-state index in [0.717, 1.165) is 27.9 Å². The predicted molar refractivity (Wildman–Crippen MR) is 147 cm³/mol.